The topological polar surface area (TPSA) is 127 Å². The van der Waals surface area contributed by atoms with Crippen LogP contribution in [0.3, 0.4) is 0 Å². The summed E-state index contributed by atoms with van der Waals surface area (Å²) in [5.41, 5.74) is 2.12. The summed E-state index contributed by atoms with van der Waals surface area (Å²) in [6, 6.07) is 7.98. The van der Waals surface area contributed by atoms with Gasteiger partial charge in [0.2, 0.25) is 11.9 Å². The third kappa shape index (κ3) is 3.98. The van der Waals surface area contributed by atoms with Crippen LogP contribution in [0.2, 0.25) is 0 Å². The number of rotatable bonds is 5. The second kappa shape index (κ2) is 8.15. The number of nitrogens with one attached hydrogen (secondary N) is 3. The minimum absolute atomic E-state index is 0.0666. The van der Waals surface area contributed by atoms with E-state index in [1.54, 1.807) is 0 Å². The molecule has 0 radical (unpaired) electrons. The fourth-order valence-electron chi connectivity index (χ4n) is 4.99. The predicted octanol–water partition coefficient (Wildman–Crippen LogP) is 2.67. The van der Waals surface area contributed by atoms with Gasteiger partial charge in [0.15, 0.2) is 11.6 Å². The first-order valence-electron chi connectivity index (χ1n) is 11.1. The van der Waals surface area contributed by atoms with Crippen LogP contribution < -0.4 is 15.5 Å². The van der Waals surface area contributed by atoms with Crippen molar-refractivity contribution in [1.29, 1.82) is 5.26 Å². The summed E-state index contributed by atoms with van der Waals surface area (Å²) in [6.07, 6.45) is 6.99. The lowest BCUT2D eigenvalue weighted by Gasteiger charge is -2.37. The van der Waals surface area contributed by atoms with Crippen molar-refractivity contribution in [2.24, 2.45) is 5.41 Å². The quantitative estimate of drug-likeness (QED) is 0.564. The summed E-state index contributed by atoms with van der Waals surface area (Å²) in [4.78, 5) is 18.9. The molecule has 32 heavy (non-hydrogen) atoms. The lowest BCUT2D eigenvalue weighted by molar-refractivity contribution is -0.121. The van der Waals surface area contributed by atoms with E-state index in [-0.39, 0.29) is 23.8 Å². The minimum atomic E-state index is -0.165. The molecule has 1 saturated heterocycles. The average Bonchev–Trinajstić information content (AvgIpc) is 3.51. The Balaban J connectivity index is 1.30. The Bertz CT molecular complexity index is 1170. The van der Waals surface area contributed by atoms with Gasteiger partial charge in [0.1, 0.15) is 11.9 Å². The number of hydrogen-bond acceptors (Lipinski definition) is 7. The highest BCUT2D eigenvalue weighted by molar-refractivity contribution is 5.78. The summed E-state index contributed by atoms with van der Waals surface area (Å²) in [5.74, 6) is 2.01. The molecule has 1 aliphatic heterocycles. The molecule has 1 amide bonds. The number of hydrogen-bond donors (Lipinski definition) is 3. The van der Waals surface area contributed by atoms with Crippen LogP contribution in [-0.4, -0.2) is 49.8 Å². The molecule has 5 rings (SSSR count). The van der Waals surface area contributed by atoms with Gasteiger partial charge in [-0.1, -0.05) is 0 Å². The van der Waals surface area contributed by atoms with E-state index in [9.17, 15) is 4.79 Å². The fraction of sp³-hybridized carbons (Fsp3) is 0.500. The number of carbonyl (C=O) groups is 1. The second-order valence-corrected chi connectivity index (χ2v) is 9.01. The summed E-state index contributed by atoms with van der Waals surface area (Å²) in [7, 11) is 0. The van der Waals surface area contributed by atoms with E-state index in [4.69, 9.17) is 15.3 Å². The smallest absolute Gasteiger partial charge is 0.245 e. The first kappa shape index (κ1) is 20.3. The second-order valence-electron chi connectivity index (χ2n) is 9.01. The number of carbonyl (C=O) groups excluding carboxylic acids is 1. The summed E-state index contributed by atoms with van der Waals surface area (Å²) in [6.45, 7) is 3.79. The monoisotopic (exact) mass is 433 g/mol. The Labute approximate surface area is 186 Å². The summed E-state index contributed by atoms with van der Waals surface area (Å²) < 4.78 is 1.86. The molecule has 2 fully saturated rings. The number of aromatic amines is 1. The Morgan fingerprint density at radius 2 is 2.22 bits per heavy atom. The predicted molar refractivity (Wildman–Crippen MR) is 119 cm³/mol. The van der Waals surface area contributed by atoms with Crippen LogP contribution in [0.25, 0.3) is 5.52 Å². The van der Waals surface area contributed by atoms with Crippen molar-refractivity contribution in [1.82, 2.24) is 30.1 Å². The van der Waals surface area contributed by atoms with E-state index in [1.807, 2.05) is 41.9 Å². The van der Waals surface area contributed by atoms with Crippen molar-refractivity contribution in [2.75, 3.05) is 23.3 Å². The zero-order valence-corrected chi connectivity index (χ0v) is 18.1. The van der Waals surface area contributed by atoms with Gasteiger partial charge < -0.3 is 15.5 Å². The lowest BCUT2D eigenvalue weighted by atomic mass is 9.72. The maximum absolute atomic E-state index is 11.7. The molecule has 3 aromatic rings. The standard InChI is InChI=1S/C22H27N9O/c1-15-13-18(28-27-15)25-20-17-3-2-11-31(17)29-21(26-20)30-12-9-22(14-30)7-4-16(5-8-22)24-19(32)6-10-23/h2-3,11,13,16H,4-9,12,14H2,1H3,(H,24,32)(H2,25,26,27,28,29). The molecule has 2 aliphatic rings. The molecule has 166 valence electrons. The van der Waals surface area contributed by atoms with Crippen molar-refractivity contribution in [2.45, 2.75) is 51.5 Å². The molecule has 0 bridgehead atoms. The first-order valence-corrected chi connectivity index (χ1v) is 11.1. The Morgan fingerprint density at radius 3 is 2.97 bits per heavy atom. The zero-order valence-electron chi connectivity index (χ0n) is 18.1. The van der Waals surface area contributed by atoms with Crippen LogP contribution in [0.15, 0.2) is 24.4 Å². The van der Waals surface area contributed by atoms with Gasteiger partial charge in [-0.25, -0.2) is 4.52 Å². The first-order chi connectivity index (χ1) is 15.5. The SMILES string of the molecule is Cc1cc(Nc2nc(N3CCC4(CCC(NC(=O)CC#N)CC4)C3)nn3cccc23)n[nH]1. The van der Waals surface area contributed by atoms with E-state index >= 15 is 0 Å². The maximum atomic E-state index is 11.7. The highest BCUT2D eigenvalue weighted by atomic mass is 16.1. The number of aromatic nitrogens is 5. The van der Waals surface area contributed by atoms with E-state index in [0.29, 0.717) is 5.95 Å². The van der Waals surface area contributed by atoms with Gasteiger partial charge in [-0.05, 0) is 56.6 Å². The molecule has 4 heterocycles. The van der Waals surface area contributed by atoms with Crippen LogP contribution in [-0.2, 0) is 4.79 Å². The molecule has 0 unspecified atom stereocenters. The molecule has 1 saturated carbocycles. The van der Waals surface area contributed by atoms with E-state index in [2.05, 4.69) is 25.7 Å². The van der Waals surface area contributed by atoms with Gasteiger partial charge in [0.25, 0.3) is 0 Å². The molecule has 0 aromatic carbocycles. The summed E-state index contributed by atoms with van der Waals surface area (Å²) >= 11 is 0. The maximum Gasteiger partial charge on any atom is 0.245 e. The number of nitrogens with zero attached hydrogens (tertiary/aromatic N) is 6. The lowest BCUT2D eigenvalue weighted by Crippen LogP contribution is -2.41. The number of nitriles is 1. The van der Waals surface area contributed by atoms with Crippen LogP contribution in [0.1, 0.15) is 44.2 Å². The van der Waals surface area contributed by atoms with Crippen molar-refractivity contribution >= 4 is 29.0 Å². The molecular weight excluding hydrogens is 406 g/mol. The van der Waals surface area contributed by atoms with Crippen LogP contribution in [0.5, 0.6) is 0 Å². The molecular formula is C22H27N9O. The van der Waals surface area contributed by atoms with Gasteiger partial charge in [0, 0.05) is 37.1 Å². The van der Waals surface area contributed by atoms with Crippen molar-refractivity contribution in [3.8, 4) is 6.07 Å². The third-order valence-corrected chi connectivity index (χ3v) is 6.70. The normalized spacial score (nSPS) is 22.9. The zero-order chi connectivity index (χ0) is 22.1. The molecule has 1 spiro atoms. The van der Waals surface area contributed by atoms with Gasteiger partial charge in [-0.3, -0.25) is 9.89 Å². The molecule has 0 atom stereocenters. The molecule has 10 heteroatoms. The van der Waals surface area contributed by atoms with Gasteiger partial charge in [0.05, 0.1) is 6.07 Å². The Hall–Kier alpha value is -3.61. The van der Waals surface area contributed by atoms with Crippen LogP contribution >= 0.6 is 0 Å². The minimum Gasteiger partial charge on any atom is -0.352 e. The highest BCUT2D eigenvalue weighted by Gasteiger charge is 2.42. The summed E-state index contributed by atoms with van der Waals surface area (Å²) in [5, 5.41) is 27.0. The number of aryl methyl sites for hydroxylation is 1. The number of fused-ring (bicyclic) bond motifs is 1. The van der Waals surface area contributed by atoms with Crippen molar-refractivity contribution in [3.63, 3.8) is 0 Å². The van der Waals surface area contributed by atoms with E-state index in [1.165, 1.54) is 0 Å². The number of anilines is 3. The fourth-order valence-corrected chi connectivity index (χ4v) is 4.99. The largest absolute Gasteiger partial charge is 0.352 e. The average molecular weight is 434 g/mol. The van der Waals surface area contributed by atoms with E-state index in [0.717, 1.165) is 68.0 Å². The van der Waals surface area contributed by atoms with Crippen LogP contribution in [0.4, 0.5) is 17.6 Å². The molecule has 3 N–H and O–H groups in total. The third-order valence-electron chi connectivity index (χ3n) is 6.70. The Kier molecular flexibility index (Phi) is 5.17. The molecule has 3 aromatic heterocycles. The molecule has 10 nitrogen and oxygen atoms in total. The van der Waals surface area contributed by atoms with E-state index < -0.39 is 0 Å². The Morgan fingerprint density at radius 1 is 1.38 bits per heavy atom. The number of H-pyrrole nitrogens is 1. The van der Waals surface area contributed by atoms with Gasteiger partial charge in [-0.15, -0.1) is 5.10 Å². The van der Waals surface area contributed by atoms with Crippen LogP contribution in [0, 0.1) is 23.7 Å². The molecule has 1 aliphatic carbocycles. The highest BCUT2D eigenvalue weighted by Crippen LogP contribution is 2.44. The number of amides is 1. The van der Waals surface area contributed by atoms with Gasteiger partial charge >= 0.3 is 0 Å². The van der Waals surface area contributed by atoms with Crippen molar-refractivity contribution < 1.29 is 4.79 Å². The van der Waals surface area contributed by atoms with Crippen molar-refractivity contribution in [3.05, 3.63) is 30.1 Å². The van der Waals surface area contributed by atoms with Gasteiger partial charge in [-0.2, -0.15) is 15.3 Å².